The molecule has 5 heteroatoms. The highest BCUT2D eigenvalue weighted by molar-refractivity contribution is 5.81. The lowest BCUT2D eigenvalue weighted by atomic mass is 9.95. The molecule has 1 amide bonds. The van der Waals surface area contributed by atoms with Crippen LogP contribution in [0.15, 0.2) is 0 Å². The summed E-state index contributed by atoms with van der Waals surface area (Å²) in [5.41, 5.74) is -0.848. The second-order valence-corrected chi connectivity index (χ2v) is 6.31. The van der Waals surface area contributed by atoms with E-state index >= 15 is 0 Å². The van der Waals surface area contributed by atoms with E-state index in [1.807, 2.05) is 13.8 Å². The minimum atomic E-state index is -0.848. The fraction of sp³-hybridized carbons (Fsp3) is 0.933. The van der Waals surface area contributed by atoms with Crippen molar-refractivity contribution >= 4 is 5.91 Å². The lowest BCUT2D eigenvalue weighted by Gasteiger charge is -2.29. The van der Waals surface area contributed by atoms with Gasteiger partial charge in [0.2, 0.25) is 5.91 Å². The van der Waals surface area contributed by atoms with E-state index in [1.165, 1.54) is 19.3 Å². The molecule has 3 atom stereocenters. The van der Waals surface area contributed by atoms with Crippen LogP contribution in [-0.2, 0) is 9.53 Å². The molecule has 0 bridgehead atoms. The van der Waals surface area contributed by atoms with Gasteiger partial charge in [0.05, 0.1) is 12.1 Å². The fourth-order valence-corrected chi connectivity index (χ4v) is 3.00. The number of rotatable bonds is 5. The van der Waals surface area contributed by atoms with E-state index in [9.17, 15) is 9.90 Å². The first kappa shape index (κ1) is 15.7. The zero-order valence-electron chi connectivity index (χ0n) is 12.7. The van der Waals surface area contributed by atoms with Crippen LogP contribution in [0.4, 0.5) is 0 Å². The Labute approximate surface area is 121 Å². The maximum Gasteiger partial charge on any atom is 0.237 e. The maximum absolute atomic E-state index is 12.1. The minimum absolute atomic E-state index is 0.0343. The van der Waals surface area contributed by atoms with Gasteiger partial charge in [0.25, 0.3) is 0 Å². The topological polar surface area (TPSA) is 70.6 Å². The van der Waals surface area contributed by atoms with Crippen molar-refractivity contribution in [1.82, 2.24) is 10.6 Å². The molecule has 2 aliphatic rings. The largest absolute Gasteiger partial charge is 0.386 e. The Morgan fingerprint density at radius 2 is 2.10 bits per heavy atom. The van der Waals surface area contributed by atoms with E-state index in [0.29, 0.717) is 25.6 Å². The Bertz CT molecular complexity index is 331. The van der Waals surface area contributed by atoms with Crippen molar-refractivity contribution in [3.63, 3.8) is 0 Å². The smallest absolute Gasteiger partial charge is 0.237 e. The molecule has 5 nitrogen and oxygen atoms in total. The zero-order chi connectivity index (χ0) is 14.6. The van der Waals surface area contributed by atoms with Gasteiger partial charge in [-0.1, -0.05) is 19.3 Å². The Kier molecular flexibility index (Phi) is 5.41. The van der Waals surface area contributed by atoms with Crippen LogP contribution in [0.1, 0.15) is 52.4 Å². The van der Waals surface area contributed by atoms with Gasteiger partial charge in [0.1, 0.15) is 5.60 Å². The molecule has 116 valence electrons. The van der Waals surface area contributed by atoms with Gasteiger partial charge in [-0.05, 0) is 26.7 Å². The van der Waals surface area contributed by atoms with Crippen molar-refractivity contribution in [3.05, 3.63) is 0 Å². The normalized spacial score (nSPS) is 33.0. The van der Waals surface area contributed by atoms with Gasteiger partial charge >= 0.3 is 0 Å². The first-order valence-electron chi connectivity index (χ1n) is 7.89. The number of ether oxygens (including phenoxy) is 1. The highest BCUT2D eigenvalue weighted by Gasteiger charge is 2.39. The number of amides is 1. The van der Waals surface area contributed by atoms with Crippen molar-refractivity contribution in [3.8, 4) is 0 Å². The average Bonchev–Trinajstić information content (AvgIpc) is 2.77. The minimum Gasteiger partial charge on any atom is -0.386 e. The SMILES string of the molecule is CC(NCC1(O)CCOC1C)C(=O)NC1CCCCC1. The van der Waals surface area contributed by atoms with Crippen LogP contribution < -0.4 is 10.6 Å². The average molecular weight is 284 g/mol. The first-order valence-corrected chi connectivity index (χ1v) is 7.89. The molecule has 3 N–H and O–H groups in total. The van der Waals surface area contributed by atoms with Crippen molar-refractivity contribution in [1.29, 1.82) is 0 Å². The third kappa shape index (κ3) is 3.93. The van der Waals surface area contributed by atoms with Gasteiger partial charge < -0.3 is 20.5 Å². The van der Waals surface area contributed by atoms with Gasteiger partial charge in [0, 0.05) is 25.6 Å². The molecule has 3 unspecified atom stereocenters. The highest BCUT2D eigenvalue weighted by Crippen LogP contribution is 2.24. The molecule has 0 aromatic heterocycles. The van der Waals surface area contributed by atoms with Gasteiger partial charge in [0.15, 0.2) is 0 Å². The molecule has 0 radical (unpaired) electrons. The molecule has 0 aromatic rings. The van der Waals surface area contributed by atoms with E-state index in [-0.39, 0.29) is 18.1 Å². The highest BCUT2D eigenvalue weighted by atomic mass is 16.5. The second-order valence-electron chi connectivity index (χ2n) is 6.31. The van der Waals surface area contributed by atoms with Gasteiger partial charge in [-0.2, -0.15) is 0 Å². The lowest BCUT2D eigenvalue weighted by Crippen LogP contribution is -2.53. The second kappa shape index (κ2) is 6.87. The van der Waals surface area contributed by atoms with Crippen LogP contribution in [0.3, 0.4) is 0 Å². The molecule has 1 saturated carbocycles. The first-order chi connectivity index (χ1) is 9.51. The Balaban J connectivity index is 1.73. The molecule has 1 aliphatic carbocycles. The zero-order valence-corrected chi connectivity index (χ0v) is 12.7. The Morgan fingerprint density at radius 3 is 2.70 bits per heavy atom. The third-order valence-electron chi connectivity index (χ3n) is 4.72. The number of nitrogens with one attached hydrogen (secondary N) is 2. The fourth-order valence-electron chi connectivity index (χ4n) is 3.00. The number of hydrogen-bond donors (Lipinski definition) is 3. The Morgan fingerprint density at radius 1 is 1.40 bits per heavy atom. The Hall–Kier alpha value is -0.650. The van der Waals surface area contributed by atoms with Crippen LogP contribution >= 0.6 is 0 Å². The summed E-state index contributed by atoms with van der Waals surface area (Å²) >= 11 is 0. The van der Waals surface area contributed by atoms with Crippen LogP contribution in [-0.4, -0.2) is 48.0 Å². The molecule has 1 heterocycles. The summed E-state index contributed by atoms with van der Waals surface area (Å²) in [6.45, 7) is 4.71. The van der Waals surface area contributed by atoms with Crippen LogP contribution in [0.2, 0.25) is 0 Å². The van der Waals surface area contributed by atoms with Gasteiger partial charge in [-0.3, -0.25) is 4.79 Å². The predicted octanol–water partition coefficient (Wildman–Crippen LogP) is 0.953. The molecule has 1 saturated heterocycles. The van der Waals surface area contributed by atoms with E-state index in [0.717, 1.165) is 12.8 Å². The number of carbonyl (C=O) groups excluding carboxylic acids is 1. The van der Waals surface area contributed by atoms with Gasteiger partial charge in [-0.25, -0.2) is 0 Å². The molecule has 0 spiro atoms. The quantitative estimate of drug-likeness (QED) is 0.703. The van der Waals surface area contributed by atoms with Crippen molar-refractivity contribution in [2.75, 3.05) is 13.2 Å². The molecule has 2 fully saturated rings. The standard InChI is InChI=1S/C15H28N2O3/c1-11(14(18)17-13-6-4-3-5-7-13)16-10-15(19)8-9-20-12(15)2/h11-13,16,19H,3-10H2,1-2H3,(H,17,18). The summed E-state index contributed by atoms with van der Waals surface area (Å²) in [6, 6.07) is 0.0473. The molecule has 20 heavy (non-hydrogen) atoms. The molecule has 1 aliphatic heterocycles. The van der Waals surface area contributed by atoms with E-state index in [4.69, 9.17) is 4.74 Å². The lowest BCUT2D eigenvalue weighted by molar-refractivity contribution is -0.124. The molecule has 0 aromatic carbocycles. The molecular weight excluding hydrogens is 256 g/mol. The third-order valence-corrected chi connectivity index (χ3v) is 4.72. The summed E-state index contributed by atoms with van der Waals surface area (Å²) in [5, 5.41) is 16.6. The predicted molar refractivity (Wildman–Crippen MR) is 77.5 cm³/mol. The summed E-state index contributed by atoms with van der Waals surface area (Å²) in [6.07, 6.45) is 6.33. The van der Waals surface area contributed by atoms with Crippen LogP contribution in [0, 0.1) is 0 Å². The maximum atomic E-state index is 12.1. The van der Waals surface area contributed by atoms with Crippen LogP contribution in [0.5, 0.6) is 0 Å². The van der Waals surface area contributed by atoms with Crippen molar-refractivity contribution in [2.45, 2.75) is 76.2 Å². The summed E-state index contributed by atoms with van der Waals surface area (Å²) in [4.78, 5) is 12.1. The summed E-state index contributed by atoms with van der Waals surface area (Å²) in [7, 11) is 0. The number of carbonyl (C=O) groups is 1. The van der Waals surface area contributed by atoms with Crippen LogP contribution in [0.25, 0.3) is 0 Å². The summed E-state index contributed by atoms with van der Waals surface area (Å²) in [5.74, 6) is 0.0343. The van der Waals surface area contributed by atoms with E-state index in [1.54, 1.807) is 0 Å². The van der Waals surface area contributed by atoms with Crippen molar-refractivity contribution < 1.29 is 14.6 Å². The summed E-state index contributed by atoms with van der Waals surface area (Å²) < 4.78 is 5.39. The monoisotopic (exact) mass is 284 g/mol. The molecular formula is C15H28N2O3. The molecule has 2 rings (SSSR count). The van der Waals surface area contributed by atoms with Crippen molar-refractivity contribution in [2.24, 2.45) is 0 Å². The van der Waals surface area contributed by atoms with Gasteiger partial charge in [-0.15, -0.1) is 0 Å². The number of hydrogen-bond acceptors (Lipinski definition) is 4. The number of aliphatic hydroxyl groups is 1. The van der Waals surface area contributed by atoms with E-state index < -0.39 is 5.60 Å². The van der Waals surface area contributed by atoms with E-state index in [2.05, 4.69) is 10.6 Å².